The number of hydrogen-bond donors (Lipinski definition) is 0. The van der Waals surface area contributed by atoms with E-state index < -0.39 is 0 Å². The van der Waals surface area contributed by atoms with Crippen LogP contribution in [0.15, 0.2) is 24.5 Å². The van der Waals surface area contributed by atoms with Crippen molar-refractivity contribution in [1.29, 1.82) is 0 Å². The third-order valence-electron chi connectivity index (χ3n) is 2.42. The minimum Gasteiger partial charge on any atom is -0.473 e. The fraction of sp³-hybridized carbons (Fsp3) is 0.692. The van der Waals surface area contributed by atoms with Crippen molar-refractivity contribution in [2.75, 3.05) is 6.61 Å². The van der Waals surface area contributed by atoms with E-state index in [4.69, 9.17) is 9.47 Å². The van der Waals surface area contributed by atoms with Gasteiger partial charge in [0.2, 0.25) is 0 Å². The van der Waals surface area contributed by atoms with Gasteiger partial charge in [0.1, 0.15) is 0 Å². The van der Waals surface area contributed by atoms with Gasteiger partial charge in [0.25, 0.3) is 0 Å². The van der Waals surface area contributed by atoms with Crippen LogP contribution < -0.4 is 0 Å². The van der Waals surface area contributed by atoms with Crippen LogP contribution in [-0.4, -0.2) is 12.9 Å². The number of ether oxygens (including phenoxy) is 2. The Bertz CT molecular complexity index is 191. The van der Waals surface area contributed by atoms with Crippen LogP contribution in [0.2, 0.25) is 0 Å². The van der Waals surface area contributed by atoms with Gasteiger partial charge in [0.05, 0.1) is 12.9 Å². The lowest BCUT2D eigenvalue weighted by molar-refractivity contribution is -0.129. The number of rotatable bonds is 6. The fourth-order valence-corrected chi connectivity index (χ4v) is 1.49. The second-order valence-electron chi connectivity index (χ2n) is 3.83. The standard InChI is InChI=1S/C13H22O2/c1-2-3-4-5-6-8-11-14-13-10-7-9-12-15-13/h5-6,8,11,13H,2-4,7,9-10,12H2,1H3/b6-5+,11-8-. The lowest BCUT2D eigenvalue weighted by atomic mass is 10.2. The molecule has 0 aromatic carbocycles. The van der Waals surface area contributed by atoms with Gasteiger partial charge in [-0.3, -0.25) is 0 Å². The summed E-state index contributed by atoms with van der Waals surface area (Å²) in [6.45, 7) is 3.04. The molecule has 0 radical (unpaired) electrons. The zero-order chi connectivity index (χ0) is 10.8. The molecule has 1 atom stereocenters. The molecule has 1 aliphatic heterocycles. The van der Waals surface area contributed by atoms with Crippen molar-refractivity contribution in [2.45, 2.75) is 51.7 Å². The number of hydrogen-bond acceptors (Lipinski definition) is 2. The summed E-state index contributed by atoms with van der Waals surface area (Å²) < 4.78 is 10.9. The van der Waals surface area contributed by atoms with Gasteiger partial charge >= 0.3 is 0 Å². The van der Waals surface area contributed by atoms with Gasteiger partial charge in [-0.15, -0.1) is 0 Å². The highest BCUT2D eigenvalue weighted by Crippen LogP contribution is 2.13. The average molecular weight is 210 g/mol. The van der Waals surface area contributed by atoms with E-state index in [2.05, 4.69) is 13.0 Å². The minimum atomic E-state index is -0.0148. The van der Waals surface area contributed by atoms with E-state index in [1.807, 2.05) is 12.2 Å². The molecule has 86 valence electrons. The van der Waals surface area contributed by atoms with Crippen LogP contribution in [0.5, 0.6) is 0 Å². The Morgan fingerprint density at radius 1 is 1.33 bits per heavy atom. The first-order chi connectivity index (χ1) is 7.43. The SMILES string of the molecule is CCCC/C=C/C=C\OC1CCCCO1. The molecule has 1 heterocycles. The van der Waals surface area contributed by atoms with Crippen molar-refractivity contribution in [2.24, 2.45) is 0 Å². The molecule has 1 saturated heterocycles. The summed E-state index contributed by atoms with van der Waals surface area (Å²) >= 11 is 0. The van der Waals surface area contributed by atoms with E-state index in [1.165, 1.54) is 25.7 Å². The third kappa shape index (κ3) is 6.34. The zero-order valence-corrected chi connectivity index (χ0v) is 9.65. The maximum absolute atomic E-state index is 5.44. The first-order valence-electron chi connectivity index (χ1n) is 6.02. The smallest absolute Gasteiger partial charge is 0.198 e. The molecule has 1 fully saturated rings. The van der Waals surface area contributed by atoms with Crippen molar-refractivity contribution in [3.8, 4) is 0 Å². The highest BCUT2D eigenvalue weighted by Gasteiger charge is 2.12. The van der Waals surface area contributed by atoms with E-state index in [-0.39, 0.29) is 6.29 Å². The van der Waals surface area contributed by atoms with Crippen molar-refractivity contribution >= 4 is 0 Å². The second kappa shape index (κ2) is 8.54. The van der Waals surface area contributed by atoms with E-state index in [1.54, 1.807) is 6.26 Å². The van der Waals surface area contributed by atoms with Gasteiger partial charge in [-0.05, 0) is 25.3 Å². The van der Waals surface area contributed by atoms with Gasteiger partial charge in [0, 0.05) is 6.42 Å². The Morgan fingerprint density at radius 3 is 3.00 bits per heavy atom. The van der Waals surface area contributed by atoms with Crippen LogP contribution in [0, 0.1) is 0 Å². The Balaban J connectivity index is 2.02. The molecule has 0 aliphatic carbocycles. The summed E-state index contributed by atoms with van der Waals surface area (Å²) in [5.41, 5.74) is 0. The van der Waals surface area contributed by atoms with Crippen molar-refractivity contribution in [1.82, 2.24) is 0 Å². The van der Waals surface area contributed by atoms with Crippen molar-refractivity contribution in [3.05, 3.63) is 24.5 Å². The lowest BCUT2D eigenvalue weighted by Gasteiger charge is -2.21. The van der Waals surface area contributed by atoms with Gasteiger partial charge in [0.15, 0.2) is 6.29 Å². The summed E-state index contributed by atoms with van der Waals surface area (Å²) in [4.78, 5) is 0. The summed E-state index contributed by atoms with van der Waals surface area (Å²) in [7, 11) is 0. The van der Waals surface area contributed by atoms with Crippen LogP contribution in [0.1, 0.15) is 45.4 Å². The van der Waals surface area contributed by atoms with E-state index in [0.717, 1.165) is 19.4 Å². The maximum atomic E-state index is 5.44. The number of allylic oxidation sites excluding steroid dienone is 3. The second-order valence-corrected chi connectivity index (χ2v) is 3.83. The van der Waals surface area contributed by atoms with Gasteiger partial charge in [-0.1, -0.05) is 31.9 Å². The van der Waals surface area contributed by atoms with Crippen LogP contribution in [0.25, 0.3) is 0 Å². The maximum Gasteiger partial charge on any atom is 0.198 e. The van der Waals surface area contributed by atoms with Crippen LogP contribution in [0.4, 0.5) is 0 Å². The zero-order valence-electron chi connectivity index (χ0n) is 9.65. The molecule has 0 bridgehead atoms. The highest BCUT2D eigenvalue weighted by molar-refractivity contribution is 4.99. The monoisotopic (exact) mass is 210 g/mol. The molecule has 1 aliphatic rings. The molecule has 1 unspecified atom stereocenters. The first kappa shape index (κ1) is 12.3. The summed E-state index contributed by atoms with van der Waals surface area (Å²) in [6.07, 6.45) is 14.9. The molecule has 0 N–H and O–H groups in total. The van der Waals surface area contributed by atoms with Gasteiger partial charge in [-0.2, -0.15) is 0 Å². The van der Waals surface area contributed by atoms with Crippen molar-refractivity contribution in [3.63, 3.8) is 0 Å². The molecule has 2 nitrogen and oxygen atoms in total. The molecule has 0 amide bonds. The summed E-state index contributed by atoms with van der Waals surface area (Å²) in [5.74, 6) is 0. The molecule has 0 saturated carbocycles. The Hall–Kier alpha value is -0.760. The van der Waals surface area contributed by atoms with E-state index >= 15 is 0 Å². The normalized spacial score (nSPS) is 22.6. The Kier molecular flexibility index (Phi) is 7.01. The molecule has 1 rings (SSSR count). The molecule has 2 heteroatoms. The van der Waals surface area contributed by atoms with Crippen LogP contribution in [-0.2, 0) is 9.47 Å². The summed E-state index contributed by atoms with van der Waals surface area (Å²) in [5, 5.41) is 0. The highest BCUT2D eigenvalue weighted by atomic mass is 16.7. The average Bonchev–Trinajstić information content (AvgIpc) is 2.29. The lowest BCUT2D eigenvalue weighted by Crippen LogP contribution is -2.19. The predicted octanol–water partition coefficient (Wildman–Crippen LogP) is 3.79. The third-order valence-corrected chi connectivity index (χ3v) is 2.42. The largest absolute Gasteiger partial charge is 0.473 e. The quantitative estimate of drug-likeness (QED) is 0.377. The van der Waals surface area contributed by atoms with E-state index in [0.29, 0.717) is 0 Å². The molecular formula is C13H22O2. The molecule has 0 spiro atoms. The van der Waals surface area contributed by atoms with Gasteiger partial charge < -0.3 is 9.47 Å². The minimum absolute atomic E-state index is 0.0148. The topological polar surface area (TPSA) is 18.5 Å². The molecule has 0 aromatic rings. The predicted molar refractivity (Wildman–Crippen MR) is 62.5 cm³/mol. The van der Waals surface area contributed by atoms with Crippen LogP contribution >= 0.6 is 0 Å². The van der Waals surface area contributed by atoms with E-state index in [9.17, 15) is 0 Å². The van der Waals surface area contributed by atoms with Gasteiger partial charge in [-0.25, -0.2) is 0 Å². The van der Waals surface area contributed by atoms with Crippen molar-refractivity contribution < 1.29 is 9.47 Å². The Morgan fingerprint density at radius 2 is 2.27 bits per heavy atom. The fourth-order valence-electron chi connectivity index (χ4n) is 1.49. The Labute approximate surface area is 93.0 Å². The number of unbranched alkanes of at least 4 members (excludes halogenated alkanes) is 2. The summed E-state index contributed by atoms with van der Waals surface area (Å²) in [6, 6.07) is 0. The van der Waals surface area contributed by atoms with Crippen LogP contribution in [0.3, 0.4) is 0 Å². The molecule has 15 heavy (non-hydrogen) atoms. The first-order valence-corrected chi connectivity index (χ1v) is 6.02. The molecule has 0 aromatic heterocycles. The molecular weight excluding hydrogens is 188 g/mol.